The van der Waals surface area contributed by atoms with Crippen LogP contribution in [0.4, 0.5) is 5.69 Å². The number of ether oxygens (including phenoxy) is 4. The number of carbonyl (C=O) groups is 3. The molecule has 148 valence electrons. The van der Waals surface area contributed by atoms with Crippen molar-refractivity contribution in [3.63, 3.8) is 0 Å². The summed E-state index contributed by atoms with van der Waals surface area (Å²) in [5.74, 6) is -1.13. The molecule has 1 amide bonds. The summed E-state index contributed by atoms with van der Waals surface area (Å²) in [6.45, 7) is 1.42. The number of rotatable bonds is 7. The normalized spacial score (nSPS) is 11.1. The largest absolute Gasteiger partial charge is 0.497 e. The predicted molar refractivity (Wildman–Crippen MR) is 101 cm³/mol. The van der Waals surface area contributed by atoms with Crippen molar-refractivity contribution in [1.29, 1.82) is 0 Å². The standard InChI is InChI=1S/C20H21NO7/c1-12(18(22)21-16-11-13(25-2)9-10-17(16)26-3)28-20(24)15-8-6-5-7-14(15)19(23)27-4/h5-12H,1-4H3,(H,21,22). The fraction of sp³-hybridized carbons (Fsp3) is 0.250. The molecule has 0 aliphatic carbocycles. The Morgan fingerprint density at radius 2 is 1.54 bits per heavy atom. The molecule has 0 radical (unpaired) electrons. The second-order valence-corrected chi connectivity index (χ2v) is 5.64. The number of hydrogen-bond donors (Lipinski definition) is 1. The number of hydrogen-bond acceptors (Lipinski definition) is 7. The van der Waals surface area contributed by atoms with Gasteiger partial charge in [0.05, 0.1) is 38.1 Å². The Kier molecular flexibility index (Phi) is 6.97. The minimum absolute atomic E-state index is 0.00737. The Bertz CT molecular complexity index is 879. The number of carbonyl (C=O) groups excluding carboxylic acids is 3. The quantitative estimate of drug-likeness (QED) is 0.729. The molecule has 0 fully saturated rings. The van der Waals surface area contributed by atoms with Crippen molar-refractivity contribution in [2.75, 3.05) is 26.6 Å². The smallest absolute Gasteiger partial charge is 0.339 e. The van der Waals surface area contributed by atoms with Gasteiger partial charge in [-0.3, -0.25) is 4.79 Å². The summed E-state index contributed by atoms with van der Waals surface area (Å²) in [6, 6.07) is 10.9. The highest BCUT2D eigenvalue weighted by Gasteiger charge is 2.24. The lowest BCUT2D eigenvalue weighted by molar-refractivity contribution is -0.123. The highest BCUT2D eigenvalue weighted by atomic mass is 16.5. The maximum absolute atomic E-state index is 12.4. The third-order valence-electron chi connectivity index (χ3n) is 3.87. The lowest BCUT2D eigenvalue weighted by Crippen LogP contribution is -2.30. The zero-order valence-corrected chi connectivity index (χ0v) is 16.0. The van der Waals surface area contributed by atoms with Gasteiger partial charge in [0.2, 0.25) is 0 Å². The lowest BCUT2D eigenvalue weighted by atomic mass is 10.1. The van der Waals surface area contributed by atoms with Crippen LogP contribution in [0, 0.1) is 0 Å². The van der Waals surface area contributed by atoms with E-state index in [2.05, 4.69) is 10.1 Å². The second kappa shape index (κ2) is 9.40. The third-order valence-corrected chi connectivity index (χ3v) is 3.87. The molecule has 28 heavy (non-hydrogen) atoms. The van der Waals surface area contributed by atoms with Gasteiger partial charge in [-0.2, -0.15) is 0 Å². The van der Waals surface area contributed by atoms with Crippen LogP contribution < -0.4 is 14.8 Å². The van der Waals surface area contributed by atoms with E-state index >= 15 is 0 Å². The minimum Gasteiger partial charge on any atom is -0.497 e. The summed E-state index contributed by atoms with van der Waals surface area (Å²) in [5, 5.41) is 2.63. The van der Waals surface area contributed by atoms with Crippen LogP contribution in [0.15, 0.2) is 42.5 Å². The molecule has 0 saturated heterocycles. The van der Waals surface area contributed by atoms with Crippen LogP contribution in [0.3, 0.4) is 0 Å². The van der Waals surface area contributed by atoms with Gasteiger partial charge in [0.15, 0.2) is 6.10 Å². The fourth-order valence-corrected chi connectivity index (χ4v) is 2.37. The van der Waals surface area contributed by atoms with Crippen LogP contribution in [0.2, 0.25) is 0 Å². The van der Waals surface area contributed by atoms with Gasteiger partial charge in [-0.25, -0.2) is 9.59 Å². The first-order valence-corrected chi connectivity index (χ1v) is 8.32. The number of nitrogens with one attached hydrogen (secondary N) is 1. The van der Waals surface area contributed by atoms with E-state index < -0.39 is 23.9 Å². The topological polar surface area (TPSA) is 100 Å². The summed E-state index contributed by atoms with van der Waals surface area (Å²) < 4.78 is 20.2. The molecular weight excluding hydrogens is 366 g/mol. The molecule has 8 nitrogen and oxygen atoms in total. The summed E-state index contributed by atoms with van der Waals surface area (Å²) in [6.07, 6.45) is -1.13. The van der Waals surface area contributed by atoms with Crippen LogP contribution in [-0.4, -0.2) is 45.3 Å². The van der Waals surface area contributed by atoms with E-state index in [9.17, 15) is 14.4 Å². The van der Waals surface area contributed by atoms with Gasteiger partial charge in [-0.15, -0.1) is 0 Å². The third kappa shape index (κ3) is 4.79. The molecule has 0 heterocycles. The summed E-state index contributed by atoms with van der Waals surface area (Å²) in [4.78, 5) is 36.7. The van der Waals surface area contributed by atoms with Crippen molar-refractivity contribution >= 4 is 23.5 Å². The maximum Gasteiger partial charge on any atom is 0.339 e. The molecule has 2 rings (SSSR count). The van der Waals surface area contributed by atoms with Crippen molar-refractivity contribution in [3.05, 3.63) is 53.6 Å². The van der Waals surface area contributed by atoms with Crippen LogP contribution in [0.5, 0.6) is 11.5 Å². The molecule has 0 spiro atoms. The van der Waals surface area contributed by atoms with Crippen LogP contribution >= 0.6 is 0 Å². The highest BCUT2D eigenvalue weighted by molar-refractivity contribution is 6.04. The molecule has 1 unspecified atom stereocenters. The first-order valence-electron chi connectivity index (χ1n) is 8.32. The van der Waals surface area contributed by atoms with Gasteiger partial charge in [-0.05, 0) is 31.2 Å². The van der Waals surface area contributed by atoms with E-state index in [1.165, 1.54) is 40.4 Å². The molecule has 2 aromatic rings. The van der Waals surface area contributed by atoms with Crippen LogP contribution in [-0.2, 0) is 14.3 Å². The van der Waals surface area contributed by atoms with E-state index in [1.54, 1.807) is 30.3 Å². The molecule has 0 aliphatic heterocycles. The Morgan fingerprint density at radius 1 is 0.893 bits per heavy atom. The average molecular weight is 387 g/mol. The van der Waals surface area contributed by atoms with Crippen molar-refractivity contribution in [1.82, 2.24) is 0 Å². The van der Waals surface area contributed by atoms with E-state index in [1.807, 2.05) is 0 Å². The molecule has 1 atom stereocenters. The summed E-state index contributed by atoms with van der Waals surface area (Å²) in [7, 11) is 4.17. The van der Waals surface area contributed by atoms with Gasteiger partial charge >= 0.3 is 11.9 Å². The minimum atomic E-state index is -1.13. The van der Waals surface area contributed by atoms with E-state index in [-0.39, 0.29) is 11.1 Å². The summed E-state index contributed by atoms with van der Waals surface area (Å²) in [5.41, 5.74) is 0.426. The Hall–Kier alpha value is -3.55. The molecule has 0 bridgehead atoms. The van der Waals surface area contributed by atoms with Crippen molar-refractivity contribution < 1.29 is 33.3 Å². The van der Waals surface area contributed by atoms with Crippen molar-refractivity contribution in [2.24, 2.45) is 0 Å². The van der Waals surface area contributed by atoms with Gasteiger partial charge < -0.3 is 24.3 Å². The van der Waals surface area contributed by atoms with E-state index in [4.69, 9.17) is 14.2 Å². The SMILES string of the molecule is COC(=O)c1ccccc1C(=O)OC(C)C(=O)Nc1cc(OC)ccc1OC. The molecule has 1 N–H and O–H groups in total. The monoisotopic (exact) mass is 387 g/mol. The number of esters is 2. The van der Waals surface area contributed by atoms with Crippen LogP contribution in [0.1, 0.15) is 27.6 Å². The van der Waals surface area contributed by atoms with Crippen LogP contribution in [0.25, 0.3) is 0 Å². The number of benzene rings is 2. The van der Waals surface area contributed by atoms with Gasteiger partial charge in [0.25, 0.3) is 5.91 Å². The fourth-order valence-electron chi connectivity index (χ4n) is 2.37. The van der Waals surface area contributed by atoms with Gasteiger partial charge in [0, 0.05) is 6.07 Å². The molecule has 0 aliphatic rings. The lowest BCUT2D eigenvalue weighted by Gasteiger charge is -2.16. The number of anilines is 1. The van der Waals surface area contributed by atoms with E-state index in [0.717, 1.165) is 0 Å². The molecule has 2 aromatic carbocycles. The molecule has 8 heteroatoms. The number of methoxy groups -OCH3 is 3. The maximum atomic E-state index is 12.4. The Morgan fingerprint density at radius 3 is 2.11 bits per heavy atom. The predicted octanol–water partition coefficient (Wildman–Crippen LogP) is 2.67. The molecule has 0 aromatic heterocycles. The molecule has 0 saturated carbocycles. The molecular formula is C20H21NO7. The average Bonchev–Trinajstić information content (AvgIpc) is 2.72. The Labute approximate surface area is 162 Å². The zero-order chi connectivity index (χ0) is 20.7. The van der Waals surface area contributed by atoms with Crippen molar-refractivity contribution in [2.45, 2.75) is 13.0 Å². The number of amides is 1. The summed E-state index contributed by atoms with van der Waals surface area (Å²) >= 11 is 0. The Balaban J connectivity index is 2.13. The first kappa shape index (κ1) is 20.8. The van der Waals surface area contributed by atoms with Crippen molar-refractivity contribution in [3.8, 4) is 11.5 Å². The first-order chi connectivity index (χ1) is 13.4. The second-order valence-electron chi connectivity index (χ2n) is 5.64. The highest BCUT2D eigenvalue weighted by Crippen LogP contribution is 2.29. The zero-order valence-electron chi connectivity index (χ0n) is 16.0. The van der Waals surface area contributed by atoms with Gasteiger partial charge in [0.1, 0.15) is 11.5 Å². The van der Waals surface area contributed by atoms with Gasteiger partial charge in [-0.1, -0.05) is 12.1 Å². The van der Waals surface area contributed by atoms with E-state index in [0.29, 0.717) is 17.2 Å².